The summed E-state index contributed by atoms with van der Waals surface area (Å²) < 4.78 is 6.40. The number of ether oxygens (including phenoxy) is 1. The van der Waals surface area contributed by atoms with Gasteiger partial charge in [0.2, 0.25) is 0 Å². The lowest BCUT2D eigenvalue weighted by atomic mass is 10.1. The number of anilines is 1. The van der Waals surface area contributed by atoms with Crippen molar-refractivity contribution in [2.45, 2.75) is 43.4 Å². The zero-order chi connectivity index (χ0) is 14.3. The zero-order valence-corrected chi connectivity index (χ0v) is 10.7. The molecule has 1 unspecified atom stereocenters. The Morgan fingerprint density at radius 1 is 1.40 bits per heavy atom. The Morgan fingerprint density at radius 3 is 2.70 bits per heavy atom. The monoisotopic (exact) mass is 283 g/mol. The number of aliphatic hydroxyl groups excluding tert-OH is 3. The average molecular weight is 283 g/mol. The molecule has 1 aliphatic heterocycles. The largest absolute Gasteiger partial charge is 0.394 e. The van der Waals surface area contributed by atoms with E-state index in [0.29, 0.717) is 11.9 Å². The predicted octanol–water partition coefficient (Wildman–Crippen LogP) is -1.57. The number of nitrogens with zero attached hydrogens (tertiary/aromatic N) is 2. The Morgan fingerprint density at radius 2 is 2.15 bits per heavy atom. The first-order valence-electron chi connectivity index (χ1n) is 6.58. The van der Waals surface area contributed by atoms with Gasteiger partial charge in [-0.15, -0.1) is 0 Å². The Kier molecular flexibility index (Phi) is 3.47. The molecule has 110 valence electrons. The van der Waals surface area contributed by atoms with E-state index in [0.717, 1.165) is 17.4 Å². The average Bonchev–Trinajstić information content (AvgIpc) is 3.19. The van der Waals surface area contributed by atoms with Crippen molar-refractivity contribution in [3.8, 4) is 0 Å². The highest BCUT2D eigenvalue weighted by molar-refractivity contribution is 5.35. The number of hydrogen-bond donors (Lipinski definition) is 4. The first-order chi connectivity index (χ1) is 9.60. The van der Waals surface area contributed by atoms with Crippen LogP contribution in [-0.2, 0) is 4.74 Å². The Hall–Kier alpha value is -1.48. The summed E-state index contributed by atoms with van der Waals surface area (Å²) in [6.45, 7) is -0.432. The van der Waals surface area contributed by atoms with E-state index >= 15 is 0 Å². The molecule has 1 aromatic rings. The molecule has 1 aromatic heterocycles. The van der Waals surface area contributed by atoms with Crippen molar-refractivity contribution < 1.29 is 20.1 Å². The minimum Gasteiger partial charge on any atom is -0.394 e. The van der Waals surface area contributed by atoms with E-state index in [2.05, 4.69) is 10.3 Å². The molecule has 0 bridgehead atoms. The summed E-state index contributed by atoms with van der Waals surface area (Å²) in [5.74, 6) is 0.487. The highest BCUT2D eigenvalue weighted by Crippen LogP contribution is 2.28. The van der Waals surface area contributed by atoms with Crippen molar-refractivity contribution in [1.82, 2.24) is 9.55 Å². The van der Waals surface area contributed by atoms with Gasteiger partial charge < -0.3 is 25.4 Å². The van der Waals surface area contributed by atoms with Crippen LogP contribution >= 0.6 is 0 Å². The smallest absolute Gasteiger partial charge is 0.351 e. The number of nitrogens with one attached hydrogen (secondary N) is 1. The summed E-state index contributed by atoms with van der Waals surface area (Å²) in [7, 11) is 0. The summed E-state index contributed by atoms with van der Waals surface area (Å²) in [6.07, 6.45) is -0.877. The molecule has 8 nitrogen and oxygen atoms in total. The minimum atomic E-state index is -1.28. The van der Waals surface area contributed by atoms with Gasteiger partial charge in [-0.1, -0.05) is 0 Å². The lowest BCUT2D eigenvalue weighted by Gasteiger charge is -2.17. The van der Waals surface area contributed by atoms with Crippen molar-refractivity contribution in [3.05, 3.63) is 22.7 Å². The van der Waals surface area contributed by atoms with Crippen molar-refractivity contribution >= 4 is 5.82 Å². The molecule has 2 heterocycles. The Bertz CT molecular complexity index is 544. The molecule has 3 rings (SSSR count). The lowest BCUT2D eigenvalue weighted by Crippen LogP contribution is -2.36. The van der Waals surface area contributed by atoms with Crippen LogP contribution in [0.1, 0.15) is 19.1 Å². The fraction of sp³-hybridized carbons (Fsp3) is 0.667. The first kappa shape index (κ1) is 13.5. The van der Waals surface area contributed by atoms with Crippen LogP contribution in [0.25, 0.3) is 0 Å². The summed E-state index contributed by atoms with van der Waals surface area (Å²) in [6, 6.07) is 2.00. The summed E-state index contributed by atoms with van der Waals surface area (Å²) >= 11 is 0. The highest BCUT2D eigenvalue weighted by Gasteiger charge is 2.43. The van der Waals surface area contributed by atoms with Crippen molar-refractivity contribution in [1.29, 1.82) is 0 Å². The maximum absolute atomic E-state index is 12.0. The molecule has 0 amide bonds. The first-order valence-corrected chi connectivity index (χ1v) is 6.58. The number of aliphatic hydroxyl groups is 3. The maximum atomic E-state index is 12.0. The standard InChI is InChI=1S/C12H17N3O5/c16-5-7-9(17)10(18)11(20-7)15-4-3-8(14-12(15)19)13-6-1-2-6/h3-4,6-7,9-11,16-18H,1-2,5H2,(H,13,14,19)/t7?,9-,10-,11-/m1/s1. The Balaban J connectivity index is 1.81. The van der Waals surface area contributed by atoms with Crippen molar-refractivity contribution in [2.75, 3.05) is 11.9 Å². The molecular formula is C12H17N3O5. The van der Waals surface area contributed by atoms with Gasteiger partial charge in [0.05, 0.1) is 6.61 Å². The summed E-state index contributed by atoms with van der Waals surface area (Å²) in [5, 5.41) is 31.7. The normalized spacial score (nSPS) is 33.4. The summed E-state index contributed by atoms with van der Waals surface area (Å²) in [5.41, 5.74) is -0.578. The molecule has 0 radical (unpaired) electrons. The van der Waals surface area contributed by atoms with Crippen LogP contribution in [0.4, 0.5) is 5.82 Å². The molecule has 2 fully saturated rings. The van der Waals surface area contributed by atoms with E-state index in [-0.39, 0.29) is 0 Å². The second-order valence-corrected chi connectivity index (χ2v) is 5.15. The van der Waals surface area contributed by atoms with E-state index in [4.69, 9.17) is 9.84 Å². The number of rotatable bonds is 4. The van der Waals surface area contributed by atoms with Gasteiger partial charge in [0, 0.05) is 12.2 Å². The molecule has 0 aromatic carbocycles. The molecule has 0 spiro atoms. The molecule has 20 heavy (non-hydrogen) atoms. The van der Waals surface area contributed by atoms with Gasteiger partial charge >= 0.3 is 5.69 Å². The van der Waals surface area contributed by atoms with E-state index in [1.165, 1.54) is 6.20 Å². The van der Waals surface area contributed by atoms with E-state index < -0.39 is 36.8 Å². The molecule has 1 saturated heterocycles. The molecular weight excluding hydrogens is 266 g/mol. The number of aromatic nitrogens is 2. The highest BCUT2D eigenvalue weighted by atomic mass is 16.6. The Labute approximate surface area is 114 Å². The second kappa shape index (κ2) is 5.13. The van der Waals surface area contributed by atoms with Crippen LogP contribution in [0.5, 0.6) is 0 Å². The third kappa shape index (κ3) is 2.42. The van der Waals surface area contributed by atoms with Crippen molar-refractivity contribution in [3.63, 3.8) is 0 Å². The predicted molar refractivity (Wildman–Crippen MR) is 68.2 cm³/mol. The van der Waals surface area contributed by atoms with Gasteiger partial charge in [-0.2, -0.15) is 4.98 Å². The fourth-order valence-electron chi connectivity index (χ4n) is 2.23. The number of hydrogen-bond acceptors (Lipinski definition) is 7. The van der Waals surface area contributed by atoms with Crippen LogP contribution in [0.15, 0.2) is 17.1 Å². The summed E-state index contributed by atoms with van der Waals surface area (Å²) in [4.78, 5) is 15.8. The molecule has 8 heteroatoms. The SMILES string of the molecule is O=c1nc(NC2CC2)ccn1[C@@H]1OC(CO)[C@@H](O)[C@H]1O. The van der Waals surface area contributed by atoms with Gasteiger partial charge in [-0.25, -0.2) is 4.79 Å². The zero-order valence-electron chi connectivity index (χ0n) is 10.7. The van der Waals surface area contributed by atoms with Gasteiger partial charge in [0.1, 0.15) is 24.1 Å². The second-order valence-electron chi connectivity index (χ2n) is 5.15. The van der Waals surface area contributed by atoms with Crippen LogP contribution in [0, 0.1) is 0 Å². The van der Waals surface area contributed by atoms with Crippen LogP contribution in [0.2, 0.25) is 0 Å². The molecule has 2 aliphatic rings. The van der Waals surface area contributed by atoms with Gasteiger partial charge in [0.25, 0.3) is 0 Å². The topological polar surface area (TPSA) is 117 Å². The van der Waals surface area contributed by atoms with Crippen LogP contribution < -0.4 is 11.0 Å². The van der Waals surface area contributed by atoms with Gasteiger partial charge in [-0.05, 0) is 18.9 Å². The van der Waals surface area contributed by atoms with Crippen molar-refractivity contribution in [2.24, 2.45) is 0 Å². The molecule has 4 atom stereocenters. The maximum Gasteiger partial charge on any atom is 0.351 e. The van der Waals surface area contributed by atoms with E-state index in [1.54, 1.807) is 6.07 Å². The quantitative estimate of drug-likeness (QED) is 0.527. The van der Waals surface area contributed by atoms with Gasteiger partial charge in [-0.3, -0.25) is 4.57 Å². The molecule has 4 N–H and O–H groups in total. The fourth-order valence-corrected chi connectivity index (χ4v) is 2.23. The van der Waals surface area contributed by atoms with E-state index in [9.17, 15) is 15.0 Å². The van der Waals surface area contributed by atoms with E-state index in [1.807, 2.05) is 0 Å². The van der Waals surface area contributed by atoms with Crippen LogP contribution in [-0.4, -0.2) is 55.8 Å². The third-order valence-corrected chi connectivity index (χ3v) is 3.55. The molecule has 1 aliphatic carbocycles. The third-order valence-electron chi connectivity index (χ3n) is 3.55. The molecule has 1 saturated carbocycles. The van der Waals surface area contributed by atoms with Gasteiger partial charge in [0.15, 0.2) is 6.23 Å². The van der Waals surface area contributed by atoms with Crippen LogP contribution in [0.3, 0.4) is 0 Å². The minimum absolute atomic E-state index is 0.381. The lowest BCUT2D eigenvalue weighted by molar-refractivity contribution is -0.0549.